The maximum absolute atomic E-state index is 13.6. The van der Waals surface area contributed by atoms with Crippen LogP contribution in [0.25, 0.3) is 10.9 Å². The molecule has 1 aliphatic carbocycles. The molecule has 3 aromatic carbocycles. The summed E-state index contributed by atoms with van der Waals surface area (Å²) in [6, 6.07) is 22.0. The minimum Gasteiger partial charge on any atom is -0.493 e. The van der Waals surface area contributed by atoms with Crippen LogP contribution in [0, 0.1) is 11.3 Å². The number of hydrogen-bond acceptors (Lipinski definition) is 10. The molecule has 1 aliphatic rings. The van der Waals surface area contributed by atoms with E-state index < -0.39 is 12.1 Å². The molecule has 4 aromatic rings. The SMILES string of the molecule is CCC(NCCc1ccc(OC)c(OC)c1)C(OC(=O)Cc1ccccc1)c1ccc(OC(=O)CC(C)(C)C)c2nc(OC(=O)C3CCCCC3)ccc12. The molecule has 1 aromatic heterocycles. The van der Waals surface area contributed by atoms with Gasteiger partial charge in [-0.05, 0) is 73.0 Å². The van der Waals surface area contributed by atoms with E-state index in [0.29, 0.717) is 47.4 Å². The summed E-state index contributed by atoms with van der Waals surface area (Å²) in [7, 11) is 3.22. The van der Waals surface area contributed by atoms with Gasteiger partial charge in [0.25, 0.3) is 0 Å². The van der Waals surface area contributed by atoms with E-state index in [-0.39, 0.29) is 53.8 Å². The van der Waals surface area contributed by atoms with Crippen molar-refractivity contribution in [1.29, 1.82) is 0 Å². The zero-order chi connectivity index (χ0) is 38.7. The summed E-state index contributed by atoms with van der Waals surface area (Å²) in [4.78, 5) is 44.7. The fourth-order valence-corrected chi connectivity index (χ4v) is 6.91. The summed E-state index contributed by atoms with van der Waals surface area (Å²) in [5, 5.41) is 4.26. The molecule has 0 amide bonds. The number of hydrogen-bond donors (Lipinski definition) is 1. The first-order chi connectivity index (χ1) is 26.0. The summed E-state index contributed by atoms with van der Waals surface area (Å²) < 4.78 is 29.0. The number of carbonyl (C=O) groups excluding carboxylic acids is 3. The van der Waals surface area contributed by atoms with Gasteiger partial charge in [0.05, 0.1) is 33.0 Å². The fourth-order valence-electron chi connectivity index (χ4n) is 6.91. The monoisotopic (exact) mass is 738 g/mol. The van der Waals surface area contributed by atoms with Crippen molar-refractivity contribution in [1.82, 2.24) is 10.3 Å². The van der Waals surface area contributed by atoms with E-state index in [2.05, 4.69) is 5.32 Å². The van der Waals surface area contributed by atoms with Crippen LogP contribution in [0.1, 0.15) is 95.4 Å². The third kappa shape index (κ3) is 11.0. The predicted octanol–water partition coefficient (Wildman–Crippen LogP) is 8.52. The van der Waals surface area contributed by atoms with Crippen LogP contribution in [0.5, 0.6) is 23.1 Å². The van der Waals surface area contributed by atoms with Gasteiger partial charge in [-0.1, -0.05) is 89.4 Å². The summed E-state index contributed by atoms with van der Waals surface area (Å²) in [5.41, 5.74) is 2.63. The summed E-state index contributed by atoms with van der Waals surface area (Å²) >= 11 is 0. The van der Waals surface area contributed by atoms with Crippen LogP contribution in [-0.2, 0) is 32.0 Å². The van der Waals surface area contributed by atoms with Gasteiger partial charge in [0.2, 0.25) is 5.88 Å². The Labute approximate surface area is 318 Å². The van der Waals surface area contributed by atoms with Crippen molar-refractivity contribution in [3.8, 4) is 23.1 Å². The van der Waals surface area contributed by atoms with Crippen molar-refractivity contribution in [2.45, 2.75) is 97.6 Å². The van der Waals surface area contributed by atoms with E-state index in [1.165, 1.54) is 0 Å². The molecule has 2 unspecified atom stereocenters. The van der Waals surface area contributed by atoms with Crippen molar-refractivity contribution >= 4 is 28.8 Å². The first-order valence-corrected chi connectivity index (χ1v) is 19.0. The van der Waals surface area contributed by atoms with Crippen molar-refractivity contribution in [2.75, 3.05) is 20.8 Å². The molecule has 5 rings (SSSR count). The number of ether oxygens (including phenoxy) is 5. The normalized spacial score (nSPS) is 14.6. The van der Waals surface area contributed by atoms with Gasteiger partial charge in [-0.15, -0.1) is 0 Å². The Hall–Kier alpha value is -4.96. The van der Waals surface area contributed by atoms with Crippen molar-refractivity contribution < 1.29 is 38.1 Å². The van der Waals surface area contributed by atoms with Crippen LogP contribution >= 0.6 is 0 Å². The summed E-state index contributed by atoms with van der Waals surface area (Å²) in [6.07, 6.45) is 5.54. The number of carbonyl (C=O) groups is 3. The number of benzene rings is 3. The van der Waals surface area contributed by atoms with Crippen LogP contribution < -0.4 is 24.3 Å². The van der Waals surface area contributed by atoms with Crippen LogP contribution in [0.15, 0.2) is 72.8 Å². The van der Waals surface area contributed by atoms with E-state index in [0.717, 1.165) is 43.2 Å². The van der Waals surface area contributed by atoms with Crippen LogP contribution in [0.4, 0.5) is 0 Å². The molecule has 1 fully saturated rings. The van der Waals surface area contributed by atoms with Crippen LogP contribution in [-0.4, -0.2) is 49.7 Å². The molecule has 0 radical (unpaired) electrons. The summed E-state index contributed by atoms with van der Waals surface area (Å²) in [6.45, 7) is 8.52. The van der Waals surface area contributed by atoms with Gasteiger partial charge in [-0.2, -0.15) is 0 Å². The average molecular weight is 739 g/mol. The molecule has 1 saturated carbocycles. The number of nitrogens with one attached hydrogen (secondary N) is 1. The van der Waals surface area contributed by atoms with Crippen LogP contribution in [0.3, 0.4) is 0 Å². The molecule has 0 saturated heterocycles. The predicted molar refractivity (Wildman–Crippen MR) is 208 cm³/mol. The Bertz CT molecular complexity index is 1880. The van der Waals surface area contributed by atoms with Gasteiger partial charge in [-0.3, -0.25) is 14.4 Å². The van der Waals surface area contributed by atoms with Gasteiger partial charge in [0, 0.05) is 23.1 Å². The second-order valence-corrected chi connectivity index (χ2v) is 15.1. The quantitative estimate of drug-likeness (QED) is 0.0884. The number of esters is 3. The Morgan fingerprint density at radius 3 is 2.22 bits per heavy atom. The number of pyridine rings is 1. The topological polar surface area (TPSA) is 122 Å². The van der Waals surface area contributed by atoms with E-state index in [1.807, 2.05) is 82.3 Å². The third-order valence-electron chi connectivity index (χ3n) is 9.70. The lowest BCUT2D eigenvalue weighted by Gasteiger charge is -2.29. The van der Waals surface area contributed by atoms with Gasteiger partial charge < -0.3 is 29.0 Å². The maximum Gasteiger partial charge on any atom is 0.315 e. The van der Waals surface area contributed by atoms with Crippen LogP contribution in [0.2, 0.25) is 0 Å². The standard InChI is InChI=1S/C44H54N2O8/c1-7-34(45-25-24-30-18-21-35(50-5)37(26-30)51-6)42(54-39(47)27-29-14-10-8-11-15-29)33-19-22-36(52-40(48)28-44(2,3)4)41-32(33)20-23-38(46-41)53-43(49)31-16-12-9-13-17-31/h8,10-11,14-15,18-23,26,31,34,42,45H,7,9,12-13,16-17,24-25,27-28H2,1-6H3. The minimum atomic E-state index is -0.740. The second-order valence-electron chi connectivity index (χ2n) is 15.1. The first-order valence-electron chi connectivity index (χ1n) is 19.0. The molecule has 54 heavy (non-hydrogen) atoms. The number of fused-ring (bicyclic) bond motifs is 1. The van der Waals surface area contributed by atoms with E-state index in [9.17, 15) is 14.4 Å². The second kappa shape index (κ2) is 18.9. The molecule has 0 aliphatic heterocycles. The molecule has 1 N–H and O–H groups in total. The number of nitrogens with zero attached hydrogens (tertiary/aromatic N) is 1. The minimum absolute atomic E-state index is 0.0966. The highest BCUT2D eigenvalue weighted by atomic mass is 16.6. The zero-order valence-electron chi connectivity index (χ0n) is 32.4. The third-order valence-corrected chi connectivity index (χ3v) is 9.70. The van der Waals surface area contributed by atoms with Crippen molar-refractivity contribution in [3.63, 3.8) is 0 Å². The maximum atomic E-state index is 13.6. The Morgan fingerprint density at radius 1 is 0.815 bits per heavy atom. The Balaban J connectivity index is 1.50. The molecular formula is C44H54N2O8. The smallest absolute Gasteiger partial charge is 0.315 e. The molecular weight excluding hydrogens is 684 g/mol. The molecule has 1 heterocycles. The highest BCUT2D eigenvalue weighted by molar-refractivity contribution is 5.91. The lowest BCUT2D eigenvalue weighted by Crippen LogP contribution is -2.38. The van der Waals surface area contributed by atoms with Gasteiger partial charge in [0.1, 0.15) is 11.6 Å². The van der Waals surface area contributed by atoms with E-state index >= 15 is 0 Å². The molecule has 10 heteroatoms. The zero-order valence-corrected chi connectivity index (χ0v) is 32.4. The lowest BCUT2D eigenvalue weighted by molar-refractivity contribution is -0.150. The first kappa shape index (κ1) is 40.2. The molecule has 0 spiro atoms. The van der Waals surface area contributed by atoms with E-state index in [4.69, 9.17) is 28.7 Å². The van der Waals surface area contributed by atoms with Crippen molar-refractivity contribution in [2.24, 2.45) is 11.3 Å². The Kier molecular flexibility index (Phi) is 14.1. The summed E-state index contributed by atoms with van der Waals surface area (Å²) in [5.74, 6) is 0.412. The van der Waals surface area contributed by atoms with E-state index in [1.54, 1.807) is 32.4 Å². The number of rotatable bonds is 16. The Morgan fingerprint density at radius 2 is 1.54 bits per heavy atom. The lowest BCUT2D eigenvalue weighted by atomic mass is 9.89. The fraction of sp³-hybridized carbons (Fsp3) is 0.455. The average Bonchev–Trinajstić information content (AvgIpc) is 3.16. The van der Waals surface area contributed by atoms with Crippen molar-refractivity contribution in [3.05, 3.63) is 89.5 Å². The molecule has 0 bridgehead atoms. The van der Waals surface area contributed by atoms with Gasteiger partial charge in [-0.25, -0.2) is 4.98 Å². The highest BCUT2D eigenvalue weighted by Crippen LogP contribution is 2.37. The largest absolute Gasteiger partial charge is 0.493 e. The molecule has 2 atom stereocenters. The van der Waals surface area contributed by atoms with Gasteiger partial charge in [0.15, 0.2) is 17.2 Å². The molecule has 288 valence electrons. The number of aromatic nitrogens is 1. The molecule has 10 nitrogen and oxygen atoms in total. The van der Waals surface area contributed by atoms with Gasteiger partial charge >= 0.3 is 17.9 Å². The highest BCUT2D eigenvalue weighted by Gasteiger charge is 2.30. The number of methoxy groups -OCH3 is 2.